The number of hydrogen-bond acceptors (Lipinski definition) is 2. The minimum atomic E-state index is -4.64. The van der Waals surface area contributed by atoms with E-state index in [2.05, 4.69) is 4.98 Å². The third kappa shape index (κ3) is 2.70. The molecule has 0 atom stereocenters. The molecule has 1 aromatic heterocycles. The van der Waals surface area contributed by atoms with E-state index in [-0.39, 0.29) is 25.1 Å². The second-order valence-electron chi connectivity index (χ2n) is 4.25. The molecular weight excluding hydrogens is 255 g/mol. The Kier molecular flexibility index (Phi) is 3.16. The van der Waals surface area contributed by atoms with Crippen LogP contribution in [0.5, 0.6) is 0 Å². The predicted molar refractivity (Wildman–Crippen MR) is 55.6 cm³/mol. The molecule has 2 nitrogen and oxygen atoms in total. The quantitative estimate of drug-likeness (QED) is 0.725. The summed E-state index contributed by atoms with van der Waals surface area (Å²) in [5.41, 5.74) is -1.38. The Balaban J connectivity index is 2.33. The van der Waals surface area contributed by atoms with Crippen molar-refractivity contribution in [1.82, 2.24) is 4.98 Å². The molecule has 7 heteroatoms. The van der Waals surface area contributed by atoms with Gasteiger partial charge in [0.05, 0.1) is 12.2 Å². The van der Waals surface area contributed by atoms with E-state index in [0.29, 0.717) is 0 Å². The lowest BCUT2D eigenvalue weighted by atomic mass is 10.1. The van der Waals surface area contributed by atoms with Gasteiger partial charge >= 0.3 is 6.18 Å². The highest BCUT2D eigenvalue weighted by Gasteiger charge is 2.40. The first-order chi connectivity index (χ1) is 8.30. The van der Waals surface area contributed by atoms with Crippen LogP contribution in [0.3, 0.4) is 0 Å². The molecule has 1 fully saturated rings. The van der Waals surface area contributed by atoms with Crippen molar-refractivity contribution in [3.63, 3.8) is 0 Å². The number of pyridine rings is 1. The largest absolute Gasteiger partial charge is 0.435 e. The van der Waals surface area contributed by atoms with Crippen molar-refractivity contribution in [3.8, 4) is 0 Å². The third-order valence-corrected chi connectivity index (χ3v) is 2.79. The van der Waals surface area contributed by atoms with Crippen molar-refractivity contribution >= 4 is 5.69 Å². The van der Waals surface area contributed by atoms with Crippen LogP contribution in [0.25, 0.3) is 0 Å². The average molecular weight is 266 g/mol. The summed E-state index contributed by atoms with van der Waals surface area (Å²) < 4.78 is 64.6. The molecule has 0 N–H and O–H groups in total. The van der Waals surface area contributed by atoms with Crippen molar-refractivity contribution in [2.24, 2.45) is 0 Å². The number of halogens is 5. The average Bonchev–Trinajstić information content (AvgIpc) is 2.26. The first-order valence-corrected chi connectivity index (χ1v) is 5.45. The Morgan fingerprint density at radius 2 is 2.00 bits per heavy atom. The molecule has 1 saturated heterocycles. The maximum absolute atomic E-state index is 13.2. The van der Waals surface area contributed by atoms with Crippen LogP contribution in [-0.4, -0.2) is 24.0 Å². The van der Waals surface area contributed by atoms with Crippen LogP contribution < -0.4 is 4.90 Å². The highest BCUT2D eigenvalue weighted by molar-refractivity contribution is 5.52. The summed E-state index contributed by atoms with van der Waals surface area (Å²) in [5, 5.41) is 0. The standard InChI is InChI=1S/C11H11F5N2/c12-10(13)4-2-6-18(7-10)8-3-1-5-17-9(8)11(14,15)16/h1,3,5H,2,4,6-7H2. The molecular formula is C11H11F5N2. The van der Waals surface area contributed by atoms with Crippen molar-refractivity contribution in [2.45, 2.75) is 24.9 Å². The SMILES string of the molecule is FC1(F)CCCN(c2cccnc2C(F)(F)F)C1. The lowest BCUT2D eigenvalue weighted by Crippen LogP contribution is -2.43. The normalized spacial score (nSPS) is 19.9. The minimum Gasteiger partial charge on any atom is -0.364 e. The summed E-state index contributed by atoms with van der Waals surface area (Å²) in [6.07, 6.45) is -3.75. The molecule has 2 rings (SSSR count). The summed E-state index contributed by atoms with van der Waals surface area (Å²) >= 11 is 0. The van der Waals surface area contributed by atoms with Crippen LogP contribution in [0.4, 0.5) is 27.6 Å². The highest BCUT2D eigenvalue weighted by Crippen LogP contribution is 2.37. The summed E-state index contributed by atoms with van der Waals surface area (Å²) in [6.45, 7) is -0.508. The van der Waals surface area contributed by atoms with Crippen LogP contribution in [0.15, 0.2) is 18.3 Å². The van der Waals surface area contributed by atoms with Gasteiger partial charge in [0, 0.05) is 19.2 Å². The number of piperidine rings is 1. The van der Waals surface area contributed by atoms with Crippen LogP contribution in [-0.2, 0) is 6.18 Å². The molecule has 1 aromatic rings. The Bertz CT molecular complexity index is 430. The number of hydrogen-bond donors (Lipinski definition) is 0. The van der Waals surface area contributed by atoms with Crippen LogP contribution in [0, 0.1) is 0 Å². The first kappa shape index (κ1) is 13.0. The Hall–Kier alpha value is -1.40. The number of rotatable bonds is 1. The summed E-state index contributed by atoms with van der Waals surface area (Å²) in [5.74, 6) is -2.95. The predicted octanol–water partition coefficient (Wildman–Crippen LogP) is 3.34. The van der Waals surface area contributed by atoms with E-state index < -0.39 is 24.3 Å². The lowest BCUT2D eigenvalue weighted by Gasteiger charge is -2.35. The van der Waals surface area contributed by atoms with Crippen LogP contribution in [0.1, 0.15) is 18.5 Å². The van der Waals surface area contributed by atoms with Gasteiger partial charge in [0.25, 0.3) is 5.92 Å². The molecule has 0 unspecified atom stereocenters. The molecule has 0 aromatic carbocycles. The molecule has 0 bridgehead atoms. The summed E-state index contributed by atoms with van der Waals surface area (Å²) in [6, 6.07) is 2.49. The van der Waals surface area contributed by atoms with Gasteiger partial charge in [0.1, 0.15) is 0 Å². The maximum atomic E-state index is 13.2. The van der Waals surface area contributed by atoms with Gasteiger partial charge in [-0.1, -0.05) is 0 Å². The topological polar surface area (TPSA) is 16.1 Å². The van der Waals surface area contributed by atoms with Crippen LogP contribution in [0.2, 0.25) is 0 Å². The van der Waals surface area contributed by atoms with Gasteiger partial charge in [-0.15, -0.1) is 0 Å². The van der Waals surface area contributed by atoms with Gasteiger partial charge in [-0.25, -0.2) is 13.8 Å². The molecule has 0 aliphatic carbocycles. The number of anilines is 1. The molecule has 100 valence electrons. The molecule has 18 heavy (non-hydrogen) atoms. The fraction of sp³-hybridized carbons (Fsp3) is 0.545. The van der Waals surface area contributed by atoms with E-state index in [0.717, 1.165) is 11.1 Å². The molecule has 0 amide bonds. The van der Waals surface area contributed by atoms with E-state index in [1.165, 1.54) is 12.1 Å². The molecule has 0 spiro atoms. The fourth-order valence-electron chi connectivity index (χ4n) is 2.04. The molecule has 1 aliphatic rings. The molecule has 2 heterocycles. The lowest BCUT2D eigenvalue weighted by molar-refractivity contribution is -0.140. The van der Waals surface area contributed by atoms with Gasteiger partial charge in [0.2, 0.25) is 0 Å². The second kappa shape index (κ2) is 4.37. The zero-order valence-corrected chi connectivity index (χ0v) is 9.34. The monoisotopic (exact) mass is 266 g/mol. The Labute approximate surface area is 100 Å². The number of aromatic nitrogens is 1. The third-order valence-electron chi connectivity index (χ3n) is 2.79. The maximum Gasteiger partial charge on any atom is 0.435 e. The van der Waals surface area contributed by atoms with Crippen molar-refractivity contribution < 1.29 is 22.0 Å². The Morgan fingerprint density at radius 3 is 2.61 bits per heavy atom. The van der Waals surface area contributed by atoms with E-state index >= 15 is 0 Å². The summed E-state index contributed by atoms with van der Waals surface area (Å²) in [7, 11) is 0. The highest BCUT2D eigenvalue weighted by atomic mass is 19.4. The van der Waals surface area contributed by atoms with Crippen LogP contribution >= 0.6 is 0 Å². The van der Waals surface area contributed by atoms with E-state index in [1.807, 2.05) is 0 Å². The van der Waals surface area contributed by atoms with E-state index in [4.69, 9.17) is 0 Å². The van der Waals surface area contributed by atoms with Crippen molar-refractivity contribution in [3.05, 3.63) is 24.0 Å². The van der Waals surface area contributed by atoms with Crippen molar-refractivity contribution in [2.75, 3.05) is 18.0 Å². The molecule has 0 saturated carbocycles. The second-order valence-corrected chi connectivity index (χ2v) is 4.25. The summed E-state index contributed by atoms with van der Waals surface area (Å²) in [4.78, 5) is 4.32. The van der Waals surface area contributed by atoms with Gasteiger partial charge in [-0.3, -0.25) is 0 Å². The van der Waals surface area contributed by atoms with Gasteiger partial charge in [-0.05, 0) is 18.6 Å². The zero-order valence-electron chi connectivity index (χ0n) is 9.34. The van der Waals surface area contributed by atoms with Crippen molar-refractivity contribution in [1.29, 1.82) is 0 Å². The fourth-order valence-corrected chi connectivity index (χ4v) is 2.04. The number of alkyl halides is 5. The Morgan fingerprint density at radius 1 is 1.28 bits per heavy atom. The zero-order chi connectivity index (χ0) is 13.4. The number of nitrogens with zero attached hydrogens (tertiary/aromatic N) is 2. The van der Waals surface area contributed by atoms with E-state index in [1.54, 1.807) is 0 Å². The van der Waals surface area contributed by atoms with Gasteiger partial charge in [-0.2, -0.15) is 13.2 Å². The first-order valence-electron chi connectivity index (χ1n) is 5.45. The van der Waals surface area contributed by atoms with Gasteiger partial charge < -0.3 is 4.90 Å². The molecule has 1 aliphatic heterocycles. The molecule has 0 radical (unpaired) electrons. The van der Waals surface area contributed by atoms with E-state index in [9.17, 15) is 22.0 Å². The minimum absolute atomic E-state index is 0.166. The smallest absolute Gasteiger partial charge is 0.364 e. The van der Waals surface area contributed by atoms with Gasteiger partial charge in [0.15, 0.2) is 5.69 Å².